The molecule has 1 aliphatic rings. The van der Waals surface area contributed by atoms with E-state index in [0.29, 0.717) is 18.7 Å². The van der Waals surface area contributed by atoms with Gasteiger partial charge in [-0.25, -0.2) is 8.78 Å². The smallest absolute Gasteiger partial charge is 0.149 e. The number of benzene rings is 1. The van der Waals surface area contributed by atoms with Crippen LogP contribution in [0.4, 0.5) is 14.5 Å². The minimum Gasteiger partial charge on any atom is -0.366 e. The Balaban J connectivity index is 2.16. The Morgan fingerprint density at radius 1 is 1.14 bits per heavy atom. The highest BCUT2D eigenvalue weighted by molar-refractivity contribution is 7.99. The van der Waals surface area contributed by atoms with Crippen LogP contribution in [0, 0.1) is 11.6 Å². The molecule has 1 saturated heterocycles. The molecule has 1 heterocycles. The molecule has 1 aliphatic heterocycles. The third-order valence-corrected chi connectivity index (χ3v) is 4.49. The molecule has 0 saturated carbocycles. The maximum atomic E-state index is 14.3. The number of anilines is 1. The number of rotatable bonds is 3. The highest BCUT2D eigenvalue weighted by Crippen LogP contribution is 2.27. The first-order chi connectivity index (χ1) is 9.87. The van der Waals surface area contributed by atoms with Gasteiger partial charge in [0.25, 0.3) is 0 Å². The monoisotopic (exact) mass is 314 g/mol. The quantitative estimate of drug-likeness (QED) is 0.913. The van der Waals surface area contributed by atoms with E-state index in [1.54, 1.807) is 0 Å². The fourth-order valence-corrected chi connectivity index (χ4v) is 3.25. The summed E-state index contributed by atoms with van der Waals surface area (Å²) in [4.78, 5) is 1.84. The summed E-state index contributed by atoms with van der Waals surface area (Å²) in [6.07, 6.45) is 0.969. The zero-order chi connectivity index (χ0) is 15.5. The van der Waals surface area contributed by atoms with Crippen LogP contribution in [0.1, 0.15) is 32.8 Å². The van der Waals surface area contributed by atoms with Crippen LogP contribution in [0.5, 0.6) is 0 Å². The van der Waals surface area contributed by atoms with Gasteiger partial charge in [0.1, 0.15) is 17.3 Å². The molecule has 0 aromatic heterocycles. The molecule has 21 heavy (non-hydrogen) atoms. The zero-order valence-electron chi connectivity index (χ0n) is 13.0. The molecule has 0 spiro atoms. The molecule has 1 aromatic rings. The zero-order valence-corrected chi connectivity index (χ0v) is 13.8. The first-order valence-electron chi connectivity index (χ1n) is 7.42. The van der Waals surface area contributed by atoms with E-state index in [9.17, 15) is 8.78 Å². The molecule has 1 aromatic carbocycles. The van der Waals surface area contributed by atoms with E-state index in [4.69, 9.17) is 0 Å². The van der Waals surface area contributed by atoms with Crippen molar-refractivity contribution in [2.24, 2.45) is 0 Å². The lowest BCUT2D eigenvalue weighted by molar-refractivity contribution is 0.422. The van der Waals surface area contributed by atoms with E-state index in [-0.39, 0.29) is 11.2 Å². The number of halogens is 2. The van der Waals surface area contributed by atoms with Gasteiger partial charge in [-0.3, -0.25) is 0 Å². The van der Waals surface area contributed by atoms with Crippen LogP contribution in [0.2, 0.25) is 0 Å². The minimum absolute atomic E-state index is 0.0758. The fourth-order valence-electron chi connectivity index (χ4n) is 2.36. The van der Waals surface area contributed by atoms with Crippen molar-refractivity contribution in [3.05, 3.63) is 29.3 Å². The van der Waals surface area contributed by atoms with Crippen LogP contribution in [0.15, 0.2) is 12.1 Å². The normalized spacial score (nSPS) is 16.9. The number of hydrogen-bond acceptors (Lipinski definition) is 3. The molecule has 1 fully saturated rings. The Morgan fingerprint density at radius 3 is 2.43 bits per heavy atom. The average Bonchev–Trinajstić information content (AvgIpc) is 2.64. The topological polar surface area (TPSA) is 15.3 Å². The van der Waals surface area contributed by atoms with E-state index < -0.39 is 11.6 Å². The molecule has 1 N–H and O–H groups in total. The first-order valence-corrected chi connectivity index (χ1v) is 8.58. The molecular formula is C16H24F2N2S. The Labute approximate surface area is 130 Å². The summed E-state index contributed by atoms with van der Waals surface area (Å²) >= 11 is 1.84. The van der Waals surface area contributed by atoms with Gasteiger partial charge in [0.15, 0.2) is 0 Å². The van der Waals surface area contributed by atoms with E-state index in [2.05, 4.69) is 5.32 Å². The Bertz CT molecular complexity index is 455. The maximum Gasteiger partial charge on any atom is 0.149 e. The van der Waals surface area contributed by atoms with Gasteiger partial charge in [-0.05, 0) is 50.6 Å². The van der Waals surface area contributed by atoms with E-state index in [1.807, 2.05) is 37.4 Å². The second kappa shape index (κ2) is 6.97. The van der Waals surface area contributed by atoms with Crippen molar-refractivity contribution in [1.29, 1.82) is 0 Å². The van der Waals surface area contributed by atoms with Gasteiger partial charge < -0.3 is 10.2 Å². The Hall–Kier alpha value is -0.810. The summed E-state index contributed by atoms with van der Waals surface area (Å²) in [5.74, 6) is 1.08. The third kappa shape index (κ3) is 4.85. The summed E-state index contributed by atoms with van der Waals surface area (Å²) in [5, 5.41) is 3.25. The molecule has 118 valence electrons. The third-order valence-electron chi connectivity index (χ3n) is 3.44. The molecule has 0 unspecified atom stereocenters. The van der Waals surface area contributed by atoms with Crippen molar-refractivity contribution >= 4 is 17.4 Å². The number of hydrogen-bond donors (Lipinski definition) is 1. The van der Waals surface area contributed by atoms with Crippen LogP contribution in [-0.2, 0) is 6.54 Å². The molecule has 0 atom stereocenters. The van der Waals surface area contributed by atoms with E-state index in [1.165, 1.54) is 12.1 Å². The van der Waals surface area contributed by atoms with Crippen molar-refractivity contribution in [3.8, 4) is 0 Å². The van der Waals surface area contributed by atoms with Crippen LogP contribution < -0.4 is 10.2 Å². The molecule has 2 rings (SSSR count). The Kier molecular flexibility index (Phi) is 5.49. The van der Waals surface area contributed by atoms with E-state index in [0.717, 1.165) is 24.5 Å². The highest BCUT2D eigenvalue weighted by atomic mass is 32.2. The second-order valence-corrected chi connectivity index (χ2v) is 7.69. The van der Waals surface area contributed by atoms with Crippen LogP contribution in [0.3, 0.4) is 0 Å². The predicted molar refractivity (Wildman–Crippen MR) is 87.1 cm³/mol. The van der Waals surface area contributed by atoms with Gasteiger partial charge in [-0.15, -0.1) is 0 Å². The molecule has 0 radical (unpaired) electrons. The number of nitrogens with one attached hydrogen (secondary N) is 1. The molecule has 5 heteroatoms. The SMILES string of the molecule is CC(C)(C)NCc1cc(F)c(N2CCCSCC2)c(F)c1. The summed E-state index contributed by atoms with van der Waals surface area (Å²) < 4.78 is 28.7. The summed E-state index contributed by atoms with van der Waals surface area (Å²) in [6.45, 7) is 7.99. The second-order valence-electron chi connectivity index (χ2n) is 6.46. The average molecular weight is 314 g/mol. The van der Waals surface area contributed by atoms with Crippen molar-refractivity contribution in [3.63, 3.8) is 0 Å². The van der Waals surface area contributed by atoms with Gasteiger partial charge in [0.05, 0.1) is 0 Å². The predicted octanol–water partition coefficient (Wildman–Crippen LogP) is 3.80. The van der Waals surface area contributed by atoms with Gasteiger partial charge in [-0.2, -0.15) is 11.8 Å². The summed E-state index contributed by atoms with van der Waals surface area (Å²) in [5.41, 5.74) is 0.707. The lowest BCUT2D eigenvalue weighted by atomic mass is 10.1. The van der Waals surface area contributed by atoms with Crippen molar-refractivity contribution in [2.45, 2.75) is 39.3 Å². The van der Waals surface area contributed by atoms with Gasteiger partial charge in [0, 0.05) is 30.9 Å². The standard InChI is InChI=1S/C16H24F2N2S/c1-16(2,3)19-11-12-9-13(17)15(14(18)10-12)20-5-4-7-21-8-6-20/h9-10,19H,4-8,11H2,1-3H3. The lowest BCUT2D eigenvalue weighted by Crippen LogP contribution is -2.35. The fraction of sp³-hybridized carbons (Fsp3) is 0.625. The molecule has 0 amide bonds. The molecule has 2 nitrogen and oxygen atoms in total. The molecule has 0 bridgehead atoms. The van der Waals surface area contributed by atoms with Crippen molar-refractivity contribution in [2.75, 3.05) is 29.5 Å². The number of thioether (sulfide) groups is 1. The minimum atomic E-state index is -0.451. The van der Waals surface area contributed by atoms with Gasteiger partial charge in [-0.1, -0.05) is 0 Å². The van der Waals surface area contributed by atoms with Crippen molar-refractivity contribution in [1.82, 2.24) is 5.32 Å². The first kappa shape index (κ1) is 16.6. The van der Waals surface area contributed by atoms with E-state index >= 15 is 0 Å². The summed E-state index contributed by atoms with van der Waals surface area (Å²) in [7, 11) is 0. The highest BCUT2D eigenvalue weighted by Gasteiger charge is 2.20. The largest absolute Gasteiger partial charge is 0.366 e. The Morgan fingerprint density at radius 2 is 1.81 bits per heavy atom. The van der Waals surface area contributed by atoms with Crippen LogP contribution in [-0.4, -0.2) is 30.1 Å². The maximum absolute atomic E-state index is 14.3. The summed E-state index contributed by atoms with van der Waals surface area (Å²) in [6, 6.07) is 2.91. The van der Waals surface area contributed by atoms with Crippen LogP contribution in [0.25, 0.3) is 0 Å². The van der Waals surface area contributed by atoms with Crippen molar-refractivity contribution < 1.29 is 8.78 Å². The van der Waals surface area contributed by atoms with Gasteiger partial charge in [0.2, 0.25) is 0 Å². The molecule has 0 aliphatic carbocycles. The van der Waals surface area contributed by atoms with Gasteiger partial charge >= 0.3 is 0 Å². The van der Waals surface area contributed by atoms with Crippen LogP contribution >= 0.6 is 11.8 Å². The molecular weight excluding hydrogens is 290 g/mol. The lowest BCUT2D eigenvalue weighted by Gasteiger charge is -2.25. The number of nitrogens with zero attached hydrogens (tertiary/aromatic N) is 1.